The first-order valence-corrected chi connectivity index (χ1v) is 4.81. The average molecular weight is 185 g/mol. The first-order chi connectivity index (χ1) is 6.27. The van der Waals surface area contributed by atoms with Crippen molar-refractivity contribution in [1.82, 2.24) is 5.32 Å². The van der Waals surface area contributed by atoms with Crippen molar-refractivity contribution < 1.29 is 14.6 Å². The molecule has 2 fully saturated rings. The molecule has 2 heterocycles. The molecule has 2 N–H and O–H groups in total. The zero-order chi connectivity index (χ0) is 9.26. The molecule has 0 bridgehead atoms. The number of hydrogen-bond donors (Lipinski definition) is 2. The maximum absolute atomic E-state index is 10.7. The summed E-state index contributed by atoms with van der Waals surface area (Å²) in [6.45, 7) is 2.50. The molecular formula is C9H15NO3. The monoisotopic (exact) mass is 185 g/mol. The van der Waals surface area contributed by atoms with Crippen LogP contribution in [0.1, 0.15) is 12.8 Å². The quantitative estimate of drug-likeness (QED) is 0.640. The van der Waals surface area contributed by atoms with Crippen molar-refractivity contribution in [2.75, 3.05) is 19.8 Å². The van der Waals surface area contributed by atoms with Crippen molar-refractivity contribution in [3.63, 3.8) is 0 Å². The molecular weight excluding hydrogens is 170 g/mol. The van der Waals surface area contributed by atoms with E-state index in [1.807, 2.05) is 0 Å². The normalized spacial score (nSPS) is 39.5. The number of carboxylic acids is 1. The Hall–Kier alpha value is -0.610. The van der Waals surface area contributed by atoms with Crippen molar-refractivity contribution >= 4 is 5.97 Å². The lowest BCUT2D eigenvalue weighted by Crippen LogP contribution is -2.29. The molecule has 0 saturated carbocycles. The van der Waals surface area contributed by atoms with Gasteiger partial charge in [-0.25, -0.2) is 0 Å². The first-order valence-electron chi connectivity index (χ1n) is 4.81. The number of nitrogens with one attached hydrogen (secondary N) is 1. The smallest absolute Gasteiger partial charge is 0.320 e. The van der Waals surface area contributed by atoms with Crippen molar-refractivity contribution in [3.05, 3.63) is 0 Å². The predicted octanol–water partition coefficient (Wildman–Crippen LogP) is 0.0856. The molecule has 4 heteroatoms. The molecule has 0 spiro atoms. The summed E-state index contributed by atoms with van der Waals surface area (Å²) in [5.74, 6) is 0.363. The van der Waals surface area contributed by atoms with Crippen LogP contribution in [0.15, 0.2) is 0 Å². The molecule has 3 atom stereocenters. The van der Waals surface area contributed by atoms with Crippen LogP contribution in [-0.4, -0.2) is 36.9 Å². The van der Waals surface area contributed by atoms with Gasteiger partial charge in [0.25, 0.3) is 0 Å². The summed E-state index contributed by atoms with van der Waals surface area (Å²) in [6, 6.07) is -0.328. The van der Waals surface area contributed by atoms with E-state index in [-0.39, 0.29) is 6.04 Å². The van der Waals surface area contributed by atoms with Gasteiger partial charge in [-0.3, -0.25) is 4.79 Å². The highest BCUT2D eigenvalue weighted by atomic mass is 16.5. The molecule has 0 aromatic heterocycles. The van der Waals surface area contributed by atoms with E-state index >= 15 is 0 Å². The van der Waals surface area contributed by atoms with Crippen molar-refractivity contribution in [2.24, 2.45) is 11.8 Å². The molecule has 2 rings (SSSR count). The molecule has 0 amide bonds. The molecule has 2 saturated heterocycles. The fourth-order valence-electron chi connectivity index (χ4n) is 2.23. The van der Waals surface area contributed by atoms with E-state index in [0.717, 1.165) is 32.6 Å². The Kier molecular flexibility index (Phi) is 2.51. The molecule has 0 aromatic rings. The summed E-state index contributed by atoms with van der Waals surface area (Å²) in [5.41, 5.74) is 0. The predicted molar refractivity (Wildman–Crippen MR) is 46.5 cm³/mol. The van der Waals surface area contributed by atoms with Crippen LogP contribution >= 0.6 is 0 Å². The van der Waals surface area contributed by atoms with Crippen LogP contribution < -0.4 is 5.32 Å². The molecule has 0 aliphatic carbocycles. The van der Waals surface area contributed by atoms with Crippen LogP contribution in [0.5, 0.6) is 0 Å². The highest BCUT2D eigenvalue weighted by Crippen LogP contribution is 2.28. The molecule has 3 unspecified atom stereocenters. The number of rotatable bonds is 2. The molecule has 2 aliphatic heterocycles. The van der Waals surface area contributed by atoms with E-state index in [2.05, 4.69) is 5.32 Å². The summed E-state index contributed by atoms with van der Waals surface area (Å²) < 4.78 is 5.29. The minimum Gasteiger partial charge on any atom is -0.480 e. The average Bonchev–Trinajstić information content (AvgIpc) is 2.75. The second kappa shape index (κ2) is 3.64. The van der Waals surface area contributed by atoms with Gasteiger partial charge in [0.15, 0.2) is 0 Å². The second-order valence-corrected chi connectivity index (χ2v) is 3.92. The molecule has 2 aliphatic rings. The van der Waals surface area contributed by atoms with Gasteiger partial charge in [0.05, 0.1) is 0 Å². The van der Waals surface area contributed by atoms with Crippen molar-refractivity contribution in [2.45, 2.75) is 18.9 Å². The fourth-order valence-corrected chi connectivity index (χ4v) is 2.23. The Labute approximate surface area is 77.3 Å². The summed E-state index contributed by atoms with van der Waals surface area (Å²) in [6.07, 6.45) is 1.86. The topological polar surface area (TPSA) is 58.6 Å². The van der Waals surface area contributed by atoms with Gasteiger partial charge in [-0.15, -0.1) is 0 Å². The zero-order valence-corrected chi connectivity index (χ0v) is 7.53. The maximum Gasteiger partial charge on any atom is 0.320 e. The van der Waals surface area contributed by atoms with Gasteiger partial charge < -0.3 is 15.2 Å². The van der Waals surface area contributed by atoms with Gasteiger partial charge in [-0.05, 0) is 31.2 Å². The van der Waals surface area contributed by atoms with Gasteiger partial charge in [-0.2, -0.15) is 0 Å². The van der Waals surface area contributed by atoms with Crippen molar-refractivity contribution in [1.29, 1.82) is 0 Å². The second-order valence-electron chi connectivity index (χ2n) is 3.92. The van der Waals surface area contributed by atoms with E-state index in [9.17, 15) is 4.79 Å². The van der Waals surface area contributed by atoms with Crippen LogP contribution in [-0.2, 0) is 9.53 Å². The molecule has 0 radical (unpaired) electrons. The first kappa shape index (κ1) is 8.97. The molecule has 13 heavy (non-hydrogen) atoms. The largest absolute Gasteiger partial charge is 0.480 e. The lowest BCUT2D eigenvalue weighted by atomic mass is 9.89. The third kappa shape index (κ3) is 1.84. The van der Waals surface area contributed by atoms with E-state index in [1.54, 1.807) is 0 Å². The van der Waals surface area contributed by atoms with Gasteiger partial charge in [0.1, 0.15) is 6.04 Å². The lowest BCUT2D eigenvalue weighted by Gasteiger charge is -2.14. The van der Waals surface area contributed by atoms with Crippen molar-refractivity contribution in [3.8, 4) is 0 Å². The van der Waals surface area contributed by atoms with E-state index in [0.29, 0.717) is 11.8 Å². The number of hydrogen-bond acceptors (Lipinski definition) is 3. The van der Waals surface area contributed by atoms with Crippen LogP contribution in [0.2, 0.25) is 0 Å². The summed E-state index contributed by atoms with van der Waals surface area (Å²) in [7, 11) is 0. The Bertz CT molecular complexity index is 201. The molecule has 74 valence electrons. The van der Waals surface area contributed by atoms with Crippen LogP contribution in [0.4, 0.5) is 0 Å². The Morgan fingerprint density at radius 3 is 2.85 bits per heavy atom. The van der Waals surface area contributed by atoms with E-state index < -0.39 is 5.97 Å². The lowest BCUT2D eigenvalue weighted by molar-refractivity contribution is -0.139. The van der Waals surface area contributed by atoms with Crippen LogP contribution in [0.25, 0.3) is 0 Å². The Morgan fingerprint density at radius 1 is 1.46 bits per heavy atom. The maximum atomic E-state index is 10.7. The molecule has 0 aromatic carbocycles. The Morgan fingerprint density at radius 2 is 2.31 bits per heavy atom. The standard InChI is InChI=1S/C9H15NO3/c11-9(12)8-3-7(4-10-8)6-1-2-13-5-6/h6-8,10H,1-5H2,(H,11,12). The van der Waals surface area contributed by atoms with Gasteiger partial charge >= 0.3 is 5.97 Å². The number of ether oxygens (including phenoxy) is 1. The zero-order valence-electron chi connectivity index (χ0n) is 7.53. The van der Waals surface area contributed by atoms with Gasteiger partial charge in [0.2, 0.25) is 0 Å². The van der Waals surface area contributed by atoms with Gasteiger partial charge in [0, 0.05) is 13.2 Å². The summed E-state index contributed by atoms with van der Waals surface area (Å²) >= 11 is 0. The Balaban J connectivity index is 1.86. The number of carboxylic acid groups (broad SMARTS) is 1. The van der Waals surface area contributed by atoms with E-state index in [1.165, 1.54) is 0 Å². The minimum atomic E-state index is -0.721. The van der Waals surface area contributed by atoms with Gasteiger partial charge in [-0.1, -0.05) is 0 Å². The minimum absolute atomic E-state index is 0.328. The highest BCUT2D eigenvalue weighted by Gasteiger charge is 2.35. The number of aliphatic carboxylic acids is 1. The van der Waals surface area contributed by atoms with E-state index in [4.69, 9.17) is 9.84 Å². The third-order valence-electron chi connectivity index (χ3n) is 3.09. The summed E-state index contributed by atoms with van der Waals surface area (Å²) in [4.78, 5) is 10.7. The van der Waals surface area contributed by atoms with Crippen LogP contribution in [0, 0.1) is 11.8 Å². The third-order valence-corrected chi connectivity index (χ3v) is 3.09. The van der Waals surface area contributed by atoms with Crippen LogP contribution in [0.3, 0.4) is 0 Å². The number of carbonyl (C=O) groups is 1. The fraction of sp³-hybridized carbons (Fsp3) is 0.889. The molecule has 4 nitrogen and oxygen atoms in total. The summed E-state index contributed by atoms with van der Waals surface area (Å²) in [5, 5.41) is 11.8. The highest BCUT2D eigenvalue weighted by molar-refractivity contribution is 5.73. The SMILES string of the molecule is O=C(O)C1CC(C2CCOC2)CN1.